The highest BCUT2D eigenvalue weighted by atomic mass is 35.5. The molecule has 1 aromatic carbocycles. The Kier molecular flexibility index (Phi) is 7.68. The van der Waals surface area contributed by atoms with Crippen LogP contribution in [-0.2, 0) is 9.53 Å². The number of para-hydroxylation sites is 1. The summed E-state index contributed by atoms with van der Waals surface area (Å²) < 4.78 is 10.9. The summed E-state index contributed by atoms with van der Waals surface area (Å²) in [6, 6.07) is 7.02. The second kappa shape index (κ2) is 9.75. The van der Waals surface area contributed by atoms with Gasteiger partial charge in [0.05, 0.1) is 25.4 Å². The van der Waals surface area contributed by atoms with Gasteiger partial charge in [0.25, 0.3) is 5.91 Å². The van der Waals surface area contributed by atoms with Gasteiger partial charge >= 0.3 is 0 Å². The highest BCUT2D eigenvalue weighted by molar-refractivity contribution is 5.97. The van der Waals surface area contributed by atoms with Crippen LogP contribution in [0.4, 0.5) is 0 Å². The second-order valence-corrected chi connectivity index (χ2v) is 6.13. The minimum absolute atomic E-state index is 0. The van der Waals surface area contributed by atoms with Gasteiger partial charge in [-0.05, 0) is 19.1 Å². The molecule has 1 unspecified atom stereocenters. The summed E-state index contributed by atoms with van der Waals surface area (Å²) >= 11 is 0. The molecule has 1 N–H and O–H groups in total. The number of benzene rings is 1. The van der Waals surface area contributed by atoms with E-state index in [1.165, 1.54) is 0 Å². The van der Waals surface area contributed by atoms with Crippen LogP contribution in [0, 0.1) is 0 Å². The number of halogens is 1. The average molecular weight is 384 g/mol. The number of piperazine rings is 1. The van der Waals surface area contributed by atoms with E-state index in [2.05, 4.69) is 5.32 Å². The second-order valence-electron chi connectivity index (χ2n) is 6.13. The lowest BCUT2D eigenvalue weighted by Gasteiger charge is -2.37. The van der Waals surface area contributed by atoms with Gasteiger partial charge in [-0.15, -0.1) is 12.4 Å². The SMILES string of the molecule is CCOc1ccccc1C(=O)N1CCN(C(=O)C2COCCN2)CC1.Cl. The van der Waals surface area contributed by atoms with Gasteiger partial charge in [-0.1, -0.05) is 12.1 Å². The Morgan fingerprint density at radius 2 is 1.88 bits per heavy atom. The Bertz CT molecular complexity index is 614. The Morgan fingerprint density at radius 3 is 2.54 bits per heavy atom. The summed E-state index contributed by atoms with van der Waals surface area (Å²) in [5, 5.41) is 3.18. The van der Waals surface area contributed by atoms with Crippen molar-refractivity contribution < 1.29 is 19.1 Å². The average Bonchev–Trinajstić information content (AvgIpc) is 2.68. The van der Waals surface area contributed by atoms with Crippen LogP contribution in [0.5, 0.6) is 5.75 Å². The van der Waals surface area contributed by atoms with Gasteiger partial charge in [0, 0.05) is 32.7 Å². The Balaban J connectivity index is 0.00000243. The number of carbonyl (C=O) groups excluding carboxylic acids is 2. The number of nitrogens with one attached hydrogen (secondary N) is 1. The number of morpholine rings is 1. The van der Waals surface area contributed by atoms with Gasteiger partial charge in [-0.3, -0.25) is 9.59 Å². The summed E-state index contributed by atoms with van der Waals surface area (Å²) in [6.45, 7) is 6.31. The Morgan fingerprint density at radius 1 is 1.19 bits per heavy atom. The van der Waals surface area contributed by atoms with E-state index in [1.54, 1.807) is 11.0 Å². The van der Waals surface area contributed by atoms with Crippen molar-refractivity contribution in [2.24, 2.45) is 0 Å². The van der Waals surface area contributed by atoms with E-state index in [9.17, 15) is 9.59 Å². The molecule has 0 saturated carbocycles. The van der Waals surface area contributed by atoms with Crippen LogP contribution in [0.15, 0.2) is 24.3 Å². The first kappa shape index (κ1) is 20.5. The van der Waals surface area contributed by atoms with Gasteiger partial charge in [0.2, 0.25) is 5.91 Å². The lowest BCUT2D eigenvalue weighted by Crippen LogP contribution is -2.57. The maximum atomic E-state index is 12.8. The van der Waals surface area contributed by atoms with Crippen LogP contribution in [0.25, 0.3) is 0 Å². The van der Waals surface area contributed by atoms with Crippen molar-refractivity contribution in [1.29, 1.82) is 0 Å². The minimum atomic E-state index is -0.269. The lowest BCUT2D eigenvalue weighted by atomic mass is 10.1. The first-order valence-electron chi connectivity index (χ1n) is 8.81. The predicted molar refractivity (Wildman–Crippen MR) is 100.0 cm³/mol. The van der Waals surface area contributed by atoms with Gasteiger partial charge in [0.15, 0.2) is 0 Å². The van der Waals surface area contributed by atoms with E-state index >= 15 is 0 Å². The quantitative estimate of drug-likeness (QED) is 0.832. The van der Waals surface area contributed by atoms with Crippen LogP contribution in [0.3, 0.4) is 0 Å². The van der Waals surface area contributed by atoms with Gasteiger partial charge < -0.3 is 24.6 Å². The molecule has 0 radical (unpaired) electrons. The number of carbonyl (C=O) groups is 2. The van der Waals surface area contributed by atoms with E-state index in [1.807, 2.05) is 30.0 Å². The predicted octanol–water partition coefficient (Wildman–Crippen LogP) is 0.780. The third-order valence-corrected chi connectivity index (χ3v) is 4.52. The standard InChI is InChI=1S/C18H25N3O4.ClH/c1-2-25-16-6-4-3-5-14(16)17(22)20-8-10-21(11-9-20)18(23)15-13-24-12-7-19-15;/h3-6,15,19H,2,7-13H2,1H3;1H. The van der Waals surface area contributed by atoms with Gasteiger partial charge in [-0.25, -0.2) is 0 Å². The normalized spacial score (nSPS) is 20.3. The molecule has 0 aromatic heterocycles. The van der Waals surface area contributed by atoms with E-state index in [-0.39, 0.29) is 30.3 Å². The van der Waals surface area contributed by atoms with Gasteiger partial charge in [-0.2, -0.15) is 0 Å². The van der Waals surface area contributed by atoms with Crippen molar-refractivity contribution in [3.05, 3.63) is 29.8 Å². The fourth-order valence-electron chi connectivity index (χ4n) is 3.17. The molecule has 2 saturated heterocycles. The smallest absolute Gasteiger partial charge is 0.257 e. The number of ether oxygens (including phenoxy) is 2. The third-order valence-electron chi connectivity index (χ3n) is 4.52. The molecule has 2 fully saturated rings. The van der Waals surface area contributed by atoms with E-state index in [0.29, 0.717) is 63.9 Å². The summed E-state index contributed by atoms with van der Waals surface area (Å²) in [7, 11) is 0. The van der Waals surface area contributed by atoms with Crippen LogP contribution >= 0.6 is 12.4 Å². The van der Waals surface area contributed by atoms with Gasteiger partial charge in [0.1, 0.15) is 11.8 Å². The van der Waals surface area contributed by atoms with Crippen molar-refractivity contribution in [2.45, 2.75) is 13.0 Å². The molecule has 26 heavy (non-hydrogen) atoms. The molecule has 2 aliphatic rings. The highest BCUT2D eigenvalue weighted by Gasteiger charge is 2.30. The molecule has 2 amide bonds. The van der Waals surface area contributed by atoms with Crippen molar-refractivity contribution in [3.8, 4) is 5.75 Å². The zero-order chi connectivity index (χ0) is 17.6. The van der Waals surface area contributed by atoms with Crippen LogP contribution < -0.4 is 10.1 Å². The van der Waals surface area contributed by atoms with Crippen molar-refractivity contribution in [2.75, 3.05) is 52.5 Å². The molecule has 0 aliphatic carbocycles. The molecule has 0 bridgehead atoms. The molecule has 2 heterocycles. The molecule has 0 spiro atoms. The molecule has 144 valence electrons. The molecule has 1 atom stereocenters. The fraction of sp³-hybridized carbons (Fsp3) is 0.556. The van der Waals surface area contributed by atoms with Crippen LogP contribution in [-0.4, -0.2) is 80.2 Å². The van der Waals surface area contributed by atoms with Crippen molar-refractivity contribution in [1.82, 2.24) is 15.1 Å². The number of nitrogens with zero attached hydrogens (tertiary/aromatic N) is 2. The molecule has 2 aliphatic heterocycles. The summed E-state index contributed by atoms with van der Waals surface area (Å²) in [4.78, 5) is 28.9. The molecular weight excluding hydrogens is 358 g/mol. The molecule has 3 rings (SSSR count). The Labute approximate surface area is 160 Å². The number of amides is 2. The fourth-order valence-corrected chi connectivity index (χ4v) is 3.17. The van der Waals surface area contributed by atoms with Crippen LogP contribution in [0.1, 0.15) is 17.3 Å². The zero-order valence-corrected chi connectivity index (χ0v) is 15.8. The van der Waals surface area contributed by atoms with Crippen molar-refractivity contribution >= 4 is 24.2 Å². The van der Waals surface area contributed by atoms with E-state index in [0.717, 1.165) is 0 Å². The monoisotopic (exact) mass is 383 g/mol. The molecule has 7 nitrogen and oxygen atoms in total. The van der Waals surface area contributed by atoms with E-state index < -0.39 is 0 Å². The zero-order valence-electron chi connectivity index (χ0n) is 15.0. The van der Waals surface area contributed by atoms with E-state index in [4.69, 9.17) is 9.47 Å². The summed E-state index contributed by atoms with van der Waals surface area (Å²) in [6.07, 6.45) is 0. The maximum Gasteiger partial charge on any atom is 0.257 e. The lowest BCUT2D eigenvalue weighted by molar-refractivity contribution is -0.137. The summed E-state index contributed by atoms with van der Waals surface area (Å²) in [5.41, 5.74) is 0.575. The van der Waals surface area contributed by atoms with Crippen LogP contribution in [0.2, 0.25) is 0 Å². The molecule has 8 heteroatoms. The highest BCUT2D eigenvalue weighted by Crippen LogP contribution is 2.20. The number of hydrogen-bond acceptors (Lipinski definition) is 5. The largest absolute Gasteiger partial charge is 0.493 e. The first-order chi connectivity index (χ1) is 12.2. The number of rotatable bonds is 4. The minimum Gasteiger partial charge on any atom is -0.493 e. The molecule has 1 aromatic rings. The first-order valence-corrected chi connectivity index (χ1v) is 8.81. The molecular formula is C18H26ClN3O4. The topological polar surface area (TPSA) is 71.1 Å². The third kappa shape index (κ3) is 4.66. The number of hydrogen-bond donors (Lipinski definition) is 1. The maximum absolute atomic E-state index is 12.8. The summed E-state index contributed by atoms with van der Waals surface area (Å²) in [5.74, 6) is 0.619. The van der Waals surface area contributed by atoms with Crippen molar-refractivity contribution in [3.63, 3.8) is 0 Å². The Hall–Kier alpha value is -1.83.